The van der Waals surface area contributed by atoms with Gasteiger partial charge in [0, 0.05) is 18.0 Å². The van der Waals surface area contributed by atoms with Gasteiger partial charge in [0.25, 0.3) is 5.91 Å². The van der Waals surface area contributed by atoms with Gasteiger partial charge in [-0.05, 0) is 44.5 Å². The van der Waals surface area contributed by atoms with E-state index in [0.717, 1.165) is 29.8 Å². The fourth-order valence-corrected chi connectivity index (χ4v) is 4.61. The molecule has 9 nitrogen and oxygen atoms in total. The zero-order valence-corrected chi connectivity index (χ0v) is 20.2. The van der Waals surface area contributed by atoms with Crippen LogP contribution >= 0.6 is 11.3 Å². The highest BCUT2D eigenvalue weighted by molar-refractivity contribution is 7.15. The second-order valence-electron chi connectivity index (χ2n) is 8.39. The van der Waals surface area contributed by atoms with Gasteiger partial charge in [0.1, 0.15) is 18.2 Å². The van der Waals surface area contributed by atoms with E-state index in [1.807, 2.05) is 36.7 Å². The normalized spacial score (nSPS) is 12.9. The van der Waals surface area contributed by atoms with Gasteiger partial charge in [-0.3, -0.25) is 10.1 Å². The van der Waals surface area contributed by atoms with Crippen molar-refractivity contribution < 1.29 is 14.3 Å². The maximum atomic E-state index is 13.4. The van der Waals surface area contributed by atoms with E-state index in [0.29, 0.717) is 52.1 Å². The van der Waals surface area contributed by atoms with Crippen LogP contribution in [0.1, 0.15) is 55.0 Å². The number of carbonyl (C=O) groups is 1. The first-order valence-corrected chi connectivity index (χ1v) is 12.3. The van der Waals surface area contributed by atoms with Crippen LogP contribution in [0.5, 0.6) is 11.5 Å². The van der Waals surface area contributed by atoms with Crippen molar-refractivity contribution in [2.75, 3.05) is 18.5 Å². The van der Waals surface area contributed by atoms with Crippen LogP contribution in [0.3, 0.4) is 0 Å². The topological polar surface area (TPSA) is 104 Å². The first kappa shape index (κ1) is 22.3. The van der Waals surface area contributed by atoms with E-state index >= 15 is 0 Å². The lowest BCUT2D eigenvalue weighted by molar-refractivity contribution is 0.102. The van der Waals surface area contributed by atoms with Crippen LogP contribution in [0, 0.1) is 0 Å². The molecule has 4 heterocycles. The molecule has 0 saturated carbocycles. The number of carbonyl (C=O) groups excluding carboxylic acids is 1. The molecule has 34 heavy (non-hydrogen) atoms. The van der Waals surface area contributed by atoms with Crippen molar-refractivity contribution in [3.8, 4) is 22.8 Å². The van der Waals surface area contributed by atoms with Crippen LogP contribution in [0.25, 0.3) is 22.3 Å². The number of aromatic nitrogens is 5. The number of fused-ring (bicyclic) bond motifs is 2. The Labute approximate surface area is 201 Å². The first-order valence-electron chi connectivity index (χ1n) is 11.5. The van der Waals surface area contributed by atoms with Gasteiger partial charge in [0.2, 0.25) is 5.13 Å². The Morgan fingerprint density at radius 2 is 2.00 bits per heavy atom. The van der Waals surface area contributed by atoms with Crippen molar-refractivity contribution in [2.24, 2.45) is 0 Å². The van der Waals surface area contributed by atoms with Crippen molar-refractivity contribution in [3.63, 3.8) is 0 Å². The molecule has 1 aliphatic heterocycles. The number of pyridine rings is 1. The summed E-state index contributed by atoms with van der Waals surface area (Å²) >= 11 is 1.41. The van der Waals surface area contributed by atoms with Gasteiger partial charge in [0.05, 0.1) is 22.8 Å². The number of unbranched alkanes of at least 4 members (excludes halogenated alkanes) is 1. The summed E-state index contributed by atoms with van der Waals surface area (Å²) in [6, 6.07) is 7.55. The lowest BCUT2D eigenvalue weighted by Crippen LogP contribution is -2.15. The fraction of sp³-hybridized carbons (Fsp3) is 0.375. The molecular formula is C24H26N6O3S. The molecule has 0 unspecified atom stereocenters. The van der Waals surface area contributed by atoms with Gasteiger partial charge < -0.3 is 9.47 Å². The van der Waals surface area contributed by atoms with Crippen molar-refractivity contribution in [3.05, 3.63) is 41.0 Å². The van der Waals surface area contributed by atoms with Crippen LogP contribution in [0.2, 0.25) is 0 Å². The lowest BCUT2D eigenvalue weighted by Gasteiger charge is -2.19. The Balaban J connectivity index is 1.54. The molecule has 4 aromatic rings. The molecule has 0 atom stereocenters. The van der Waals surface area contributed by atoms with E-state index in [4.69, 9.17) is 14.5 Å². The predicted molar refractivity (Wildman–Crippen MR) is 131 cm³/mol. The standard InChI is InChI=1S/C24H26N6O3S/c1-4-5-6-21-28-29-24(34-21)27-23(31)16-12-18(26-22-17(16)13-25-30(22)14(2)3)15-7-8-19-20(11-15)33-10-9-32-19/h7-8,11-14H,4-6,9-10H2,1-3H3,(H,27,29,31). The molecule has 0 bridgehead atoms. The molecule has 3 aromatic heterocycles. The number of benzene rings is 1. The average Bonchev–Trinajstić information content (AvgIpc) is 3.48. The summed E-state index contributed by atoms with van der Waals surface area (Å²) in [5.74, 6) is 1.10. The van der Waals surface area contributed by atoms with Gasteiger partial charge in [-0.1, -0.05) is 24.7 Å². The summed E-state index contributed by atoms with van der Waals surface area (Å²) in [6.07, 6.45) is 4.68. The Morgan fingerprint density at radius 3 is 2.79 bits per heavy atom. The molecule has 0 radical (unpaired) electrons. The van der Waals surface area contributed by atoms with Crippen molar-refractivity contribution in [1.82, 2.24) is 25.0 Å². The highest BCUT2D eigenvalue weighted by Gasteiger charge is 2.21. The minimum Gasteiger partial charge on any atom is -0.486 e. The van der Waals surface area contributed by atoms with Crippen LogP contribution in [-0.4, -0.2) is 44.1 Å². The molecule has 10 heteroatoms. The molecule has 176 valence electrons. The number of hydrogen-bond donors (Lipinski definition) is 1. The number of anilines is 1. The van der Waals surface area contributed by atoms with Crippen molar-refractivity contribution >= 4 is 33.4 Å². The summed E-state index contributed by atoms with van der Waals surface area (Å²) in [7, 11) is 0. The Hall–Kier alpha value is -3.53. The summed E-state index contributed by atoms with van der Waals surface area (Å²) in [6.45, 7) is 7.22. The van der Waals surface area contributed by atoms with E-state index in [1.54, 1.807) is 12.3 Å². The molecule has 0 aliphatic carbocycles. The summed E-state index contributed by atoms with van der Waals surface area (Å²) in [5, 5.41) is 17.8. The second kappa shape index (κ2) is 9.38. The highest BCUT2D eigenvalue weighted by Crippen LogP contribution is 2.35. The third-order valence-electron chi connectivity index (χ3n) is 5.57. The van der Waals surface area contributed by atoms with Crippen molar-refractivity contribution in [1.29, 1.82) is 0 Å². The Morgan fingerprint density at radius 1 is 1.18 bits per heavy atom. The summed E-state index contributed by atoms with van der Waals surface area (Å²) < 4.78 is 13.2. The van der Waals surface area contributed by atoms with Gasteiger partial charge in [-0.25, -0.2) is 9.67 Å². The maximum absolute atomic E-state index is 13.4. The minimum atomic E-state index is -0.271. The molecule has 0 spiro atoms. The van der Waals surface area contributed by atoms with Crippen LogP contribution in [0.15, 0.2) is 30.5 Å². The Kier molecular flexibility index (Phi) is 6.14. The SMILES string of the molecule is CCCCc1nnc(NC(=O)c2cc(-c3ccc4c(c3)OCCO4)nc3c2cnn3C(C)C)s1. The smallest absolute Gasteiger partial charge is 0.258 e. The fourth-order valence-electron chi connectivity index (χ4n) is 3.83. The predicted octanol–water partition coefficient (Wildman–Crippen LogP) is 4.90. The maximum Gasteiger partial charge on any atom is 0.258 e. The zero-order chi connectivity index (χ0) is 23.7. The number of aryl methyl sites for hydroxylation is 1. The van der Waals surface area contributed by atoms with Crippen molar-refractivity contribution in [2.45, 2.75) is 46.1 Å². The van der Waals surface area contributed by atoms with Crippen LogP contribution in [0.4, 0.5) is 5.13 Å². The third kappa shape index (κ3) is 4.33. The Bertz CT molecular complexity index is 1350. The van der Waals surface area contributed by atoms with Crippen LogP contribution < -0.4 is 14.8 Å². The van der Waals surface area contributed by atoms with Gasteiger partial charge in [-0.15, -0.1) is 10.2 Å². The van der Waals surface area contributed by atoms with E-state index in [1.165, 1.54) is 11.3 Å². The molecule has 0 fully saturated rings. The largest absolute Gasteiger partial charge is 0.486 e. The molecule has 1 aromatic carbocycles. The number of amides is 1. The third-order valence-corrected chi connectivity index (χ3v) is 6.47. The zero-order valence-electron chi connectivity index (χ0n) is 19.4. The van der Waals surface area contributed by atoms with Crippen LogP contribution in [-0.2, 0) is 6.42 Å². The summed E-state index contributed by atoms with van der Waals surface area (Å²) in [5.41, 5.74) is 2.60. The number of rotatable bonds is 7. The van der Waals surface area contributed by atoms with E-state index in [9.17, 15) is 4.79 Å². The van der Waals surface area contributed by atoms with E-state index in [2.05, 4.69) is 27.5 Å². The molecule has 1 N–H and O–H groups in total. The minimum absolute atomic E-state index is 0.0840. The molecule has 1 amide bonds. The first-order chi connectivity index (χ1) is 16.5. The molecule has 0 saturated heterocycles. The molecular weight excluding hydrogens is 452 g/mol. The highest BCUT2D eigenvalue weighted by atomic mass is 32.1. The number of nitrogens with one attached hydrogen (secondary N) is 1. The van der Waals surface area contributed by atoms with E-state index < -0.39 is 0 Å². The monoisotopic (exact) mass is 478 g/mol. The summed E-state index contributed by atoms with van der Waals surface area (Å²) in [4.78, 5) is 18.2. The number of nitrogens with zero attached hydrogens (tertiary/aromatic N) is 5. The molecule has 1 aliphatic rings. The number of hydrogen-bond acceptors (Lipinski definition) is 8. The number of ether oxygens (including phenoxy) is 2. The quantitative estimate of drug-likeness (QED) is 0.403. The second-order valence-corrected chi connectivity index (χ2v) is 9.45. The molecule has 5 rings (SSSR count). The van der Waals surface area contributed by atoms with E-state index in [-0.39, 0.29) is 11.9 Å². The van der Waals surface area contributed by atoms with Gasteiger partial charge in [0.15, 0.2) is 17.1 Å². The lowest BCUT2D eigenvalue weighted by atomic mass is 10.1. The average molecular weight is 479 g/mol. The van der Waals surface area contributed by atoms with Gasteiger partial charge >= 0.3 is 0 Å². The van der Waals surface area contributed by atoms with Gasteiger partial charge in [-0.2, -0.15) is 5.10 Å².